The molecule has 1 amide bonds. The van der Waals surface area contributed by atoms with Gasteiger partial charge in [-0.15, -0.1) is 0 Å². The first kappa shape index (κ1) is 15.3. The molecule has 0 bridgehead atoms. The van der Waals surface area contributed by atoms with Crippen LogP contribution in [0.3, 0.4) is 0 Å². The van der Waals surface area contributed by atoms with Gasteiger partial charge < -0.3 is 11.1 Å². The molecule has 1 aromatic carbocycles. The molecule has 1 fully saturated rings. The highest BCUT2D eigenvalue weighted by Crippen LogP contribution is 2.37. The molecular formula is C16H23ClN2O. The van der Waals surface area contributed by atoms with E-state index >= 15 is 0 Å². The van der Waals surface area contributed by atoms with Crippen LogP contribution in [0.15, 0.2) is 24.3 Å². The number of benzene rings is 1. The Bertz CT molecular complexity index is 452. The molecule has 110 valence electrons. The maximum atomic E-state index is 12.3. The minimum absolute atomic E-state index is 0.0457. The average Bonchev–Trinajstić information content (AvgIpc) is 2.47. The quantitative estimate of drug-likeness (QED) is 0.896. The summed E-state index contributed by atoms with van der Waals surface area (Å²) in [5.41, 5.74) is 6.51. The fourth-order valence-corrected chi connectivity index (χ4v) is 3.00. The van der Waals surface area contributed by atoms with Crippen molar-refractivity contribution in [3.63, 3.8) is 0 Å². The Morgan fingerprint density at radius 2 is 1.90 bits per heavy atom. The van der Waals surface area contributed by atoms with Crippen molar-refractivity contribution in [2.45, 2.75) is 44.6 Å². The van der Waals surface area contributed by atoms with E-state index in [-0.39, 0.29) is 17.4 Å². The van der Waals surface area contributed by atoms with Crippen molar-refractivity contribution in [1.82, 2.24) is 5.32 Å². The van der Waals surface area contributed by atoms with E-state index in [0.717, 1.165) is 36.3 Å². The number of rotatable bonds is 4. The smallest absolute Gasteiger partial charge is 0.224 e. The molecule has 1 aliphatic rings. The summed E-state index contributed by atoms with van der Waals surface area (Å²) < 4.78 is 0. The molecule has 3 N–H and O–H groups in total. The van der Waals surface area contributed by atoms with E-state index in [1.807, 2.05) is 31.2 Å². The van der Waals surface area contributed by atoms with Crippen LogP contribution < -0.4 is 11.1 Å². The van der Waals surface area contributed by atoms with Crippen LogP contribution in [0.1, 0.15) is 44.6 Å². The van der Waals surface area contributed by atoms with Gasteiger partial charge in [0.2, 0.25) is 5.91 Å². The Morgan fingerprint density at radius 3 is 2.45 bits per heavy atom. The number of amides is 1. The van der Waals surface area contributed by atoms with Gasteiger partial charge in [-0.1, -0.05) is 49.9 Å². The molecule has 1 aliphatic carbocycles. The third-order valence-corrected chi connectivity index (χ3v) is 4.52. The van der Waals surface area contributed by atoms with Crippen molar-refractivity contribution in [2.75, 3.05) is 6.54 Å². The first-order valence-corrected chi connectivity index (χ1v) is 7.73. The summed E-state index contributed by atoms with van der Waals surface area (Å²) in [5, 5.41) is 3.98. The van der Waals surface area contributed by atoms with Crippen molar-refractivity contribution < 1.29 is 4.79 Å². The molecule has 0 saturated heterocycles. The van der Waals surface area contributed by atoms with Gasteiger partial charge >= 0.3 is 0 Å². The minimum Gasteiger partial charge on any atom is -0.346 e. The summed E-state index contributed by atoms with van der Waals surface area (Å²) >= 11 is 5.97. The molecular weight excluding hydrogens is 272 g/mol. The summed E-state index contributed by atoms with van der Waals surface area (Å²) in [6, 6.07) is 7.85. The average molecular weight is 295 g/mol. The lowest BCUT2D eigenvalue weighted by Gasteiger charge is -2.39. The number of nitrogens with one attached hydrogen (secondary N) is 1. The molecule has 1 unspecified atom stereocenters. The van der Waals surface area contributed by atoms with E-state index in [9.17, 15) is 4.79 Å². The second-order valence-corrected chi connectivity index (χ2v) is 6.21. The second-order valence-electron chi connectivity index (χ2n) is 5.78. The second kappa shape index (κ2) is 6.59. The molecule has 1 saturated carbocycles. The molecule has 20 heavy (non-hydrogen) atoms. The van der Waals surface area contributed by atoms with Gasteiger partial charge in [-0.2, -0.15) is 0 Å². The Hall–Kier alpha value is -1.06. The van der Waals surface area contributed by atoms with E-state index in [4.69, 9.17) is 17.3 Å². The molecule has 4 heteroatoms. The fraction of sp³-hybridized carbons (Fsp3) is 0.562. The van der Waals surface area contributed by atoms with Crippen molar-refractivity contribution in [3.05, 3.63) is 34.9 Å². The number of hydrogen-bond donors (Lipinski definition) is 2. The molecule has 1 aromatic rings. The molecule has 0 aliphatic heterocycles. The summed E-state index contributed by atoms with van der Waals surface area (Å²) in [6.45, 7) is 2.25. The number of nitrogens with two attached hydrogens (primary N) is 1. The molecule has 0 spiro atoms. The van der Waals surface area contributed by atoms with Crippen molar-refractivity contribution in [2.24, 2.45) is 11.7 Å². The van der Waals surface area contributed by atoms with Crippen LogP contribution in [-0.2, 0) is 10.3 Å². The predicted molar refractivity (Wildman–Crippen MR) is 82.6 cm³/mol. The van der Waals surface area contributed by atoms with Crippen LogP contribution in [0.25, 0.3) is 0 Å². The monoisotopic (exact) mass is 294 g/mol. The van der Waals surface area contributed by atoms with Gasteiger partial charge in [-0.05, 0) is 30.5 Å². The summed E-state index contributed by atoms with van der Waals surface area (Å²) in [4.78, 5) is 12.3. The SMILES string of the molecule is CC(CN)C(=O)NC1(c2ccc(Cl)cc2)CCCCC1. The highest BCUT2D eigenvalue weighted by molar-refractivity contribution is 6.30. The number of halogens is 1. The normalized spacial score (nSPS) is 19.4. The van der Waals surface area contributed by atoms with Crippen LogP contribution in [0.2, 0.25) is 5.02 Å². The van der Waals surface area contributed by atoms with Gasteiger partial charge in [-0.3, -0.25) is 4.79 Å². The minimum atomic E-state index is -0.247. The van der Waals surface area contributed by atoms with Gasteiger partial charge in [0, 0.05) is 17.5 Å². The highest BCUT2D eigenvalue weighted by atomic mass is 35.5. The van der Waals surface area contributed by atoms with Gasteiger partial charge in [0.1, 0.15) is 0 Å². The van der Waals surface area contributed by atoms with Crippen LogP contribution in [-0.4, -0.2) is 12.5 Å². The standard InChI is InChI=1S/C16H23ClN2O/c1-12(11-18)15(20)19-16(9-3-2-4-10-16)13-5-7-14(17)8-6-13/h5-8,12H,2-4,9-11,18H2,1H3,(H,19,20). The molecule has 2 rings (SSSR count). The zero-order chi connectivity index (χ0) is 14.6. The predicted octanol–water partition coefficient (Wildman–Crippen LogP) is 3.21. The molecule has 3 nitrogen and oxygen atoms in total. The Balaban J connectivity index is 2.25. The van der Waals surface area contributed by atoms with Crippen LogP contribution in [0, 0.1) is 5.92 Å². The van der Waals surface area contributed by atoms with Gasteiger partial charge in [0.05, 0.1) is 5.54 Å². The molecule has 0 radical (unpaired) electrons. The molecule has 1 atom stereocenters. The van der Waals surface area contributed by atoms with Gasteiger partial charge in [0.15, 0.2) is 0 Å². The zero-order valence-electron chi connectivity index (χ0n) is 12.0. The zero-order valence-corrected chi connectivity index (χ0v) is 12.7. The van der Waals surface area contributed by atoms with Crippen LogP contribution >= 0.6 is 11.6 Å². The highest BCUT2D eigenvalue weighted by Gasteiger charge is 2.36. The number of carbonyl (C=O) groups excluding carboxylic acids is 1. The maximum absolute atomic E-state index is 12.3. The lowest BCUT2D eigenvalue weighted by atomic mass is 9.76. The third kappa shape index (κ3) is 3.33. The van der Waals surface area contributed by atoms with Gasteiger partial charge in [-0.25, -0.2) is 0 Å². The Morgan fingerprint density at radius 1 is 1.30 bits per heavy atom. The van der Waals surface area contributed by atoms with E-state index in [1.165, 1.54) is 6.42 Å². The number of hydrogen-bond acceptors (Lipinski definition) is 2. The Kier molecular flexibility index (Phi) is 5.06. The lowest BCUT2D eigenvalue weighted by Crippen LogP contribution is -2.49. The summed E-state index contributed by atoms with van der Waals surface area (Å²) in [7, 11) is 0. The van der Waals surface area contributed by atoms with E-state index in [0.29, 0.717) is 6.54 Å². The van der Waals surface area contributed by atoms with E-state index in [1.54, 1.807) is 0 Å². The molecule has 0 aromatic heterocycles. The molecule has 0 heterocycles. The largest absolute Gasteiger partial charge is 0.346 e. The lowest BCUT2D eigenvalue weighted by molar-refractivity contribution is -0.126. The maximum Gasteiger partial charge on any atom is 0.224 e. The van der Waals surface area contributed by atoms with Crippen LogP contribution in [0.4, 0.5) is 0 Å². The Labute approximate surface area is 125 Å². The number of carbonyl (C=O) groups is 1. The fourth-order valence-electron chi connectivity index (χ4n) is 2.88. The first-order chi connectivity index (χ1) is 9.57. The van der Waals surface area contributed by atoms with Crippen molar-refractivity contribution in [1.29, 1.82) is 0 Å². The first-order valence-electron chi connectivity index (χ1n) is 7.35. The van der Waals surface area contributed by atoms with Crippen molar-refractivity contribution in [3.8, 4) is 0 Å². The van der Waals surface area contributed by atoms with Gasteiger partial charge in [0.25, 0.3) is 0 Å². The van der Waals surface area contributed by atoms with Crippen molar-refractivity contribution >= 4 is 17.5 Å². The van der Waals surface area contributed by atoms with Crippen LogP contribution in [0.5, 0.6) is 0 Å². The summed E-state index contributed by atoms with van der Waals surface area (Å²) in [5.74, 6) is -0.106. The van der Waals surface area contributed by atoms with E-state index < -0.39 is 0 Å². The third-order valence-electron chi connectivity index (χ3n) is 4.27. The summed E-state index contributed by atoms with van der Waals surface area (Å²) in [6.07, 6.45) is 5.48. The topological polar surface area (TPSA) is 55.1 Å². The van der Waals surface area contributed by atoms with E-state index in [2.05, 4.69) is 5.32 Å².